The van der Waals surface area contributed by atoms with Gasteiger partial charge in [-0.2, -0.15) is 4.98 Å². The number of nitrogens with zero attached hydrogens (tertiary/aromatic N) is 6. The van der Waals surface area contributed by atoms with Crippen molar-refractivity contribution >= 4 is 11.6 Å². The van der Waals surface area contributed by atoms with Gasteiger partial charge in [-0.1, -0.05) is 12.1 Å². The fourth-order valence-corrected chi connectivity index (χ4v) is 3.05. The van der Waals surface area contributed by atoms with Crippen LogP contribution in [-0.4, -0.2) is 29.5 Å². The molecular formula is C19H19N7O. The molecule has 0 amide bonds. The summed E-state index contributed by atoms with van der Waals surface area (Å²) in [4.78, 5) is 17.8. The van der Waals surface area contributed by atoms with Gasteiger partial charge >= 0.3 is 0 Å². The fourth-order valence-electron chi connectivity index (χ4n) is 3.05. The molecule has 5 rings (SSSR count). The van der Waals surface area contributed by atoms with Crippen LogP contribution >= 0.6 is 0 Å². The van der Waals surface area contributed by atoms with Crippen molar-refractivity contribution in [2.24, 2.45) is 0 Å². The van der Waals surface area contributed by atoms with Gasteiger partial charge in [0.1, 0.15) is 5.82 Å². The number of imidazole rings is 1. The monoisotopic (exact) mass is 361 g/mol. The predicted octanol–water partition coefficient (Wildman–Crippen LogP) is 3.61. The summed E-state index contributed by atoms with van der Waals surface area (Å²) in [6.07, 6.45) is 10.6. The second kappa shape index (κ2) is 6.46. The minimum absolute atomic E-state index is 0.0509. The first-order valence-electron chi connectivity index (χ1n) is 9.16. The van der Waals surface area contributed by atoms with Gasteiger partial charge in [0.2, 0.25) is 5.78 Å². The van der Waals surface area contributed by atoms with Gasteiger partial charge in [-0.25, -0.2) is 15.0 Å². The maximum Gasteiger partial charge on any atom is 0.259 e. The van der Waals surface area contributed by atoms with Crippen molar-refractivity contribution in [2.75, 3.05) is 5.32 Å². The van der Waals surface area contributed by atoms with E-state index in [1.54, 1.807) is 12.4 Å². The van der Waals surface area contributed by atoms with Crippen LogP contribution in [-0.2, 0) is 0 Å². The zero-order valence-corrected chi connectivity index (χ0v) is 14.9. The Kier molecular flexibility index (Phi) is 3.81. The molecule has 1 aliphatic carbocycles. The van der Waals surface area contributed by atoms with Crippen LogP contribution in [0.15, 0.2) is 47.5 Å². The van der Waals surface area contributed by atoms with Crippen molar-refractivity contribution < 1.29 is 4.52 Å². The van der Waals surface area contributed by atoms with Gasteiger partial charge in [-0.3, -0.25) is 4.40 Å². The Bertz CT molecular complexity index is 1030. The van der Waals surface area contributed by atoms with E-state index in [9.17, 15) is 0 Å². The number of hydrogen-bond acceptors (Lipinski definition) is 7. The van der Waals surface area contributed by atoms with Crippen LogP contribution in [0.3, 0.4) is 0 Å². The highest BCUT2D eigenvalue weighted by Crippen LogP contribution is 2.38. The van der Waals surface area contributed by atoms with Crippen molar-refractivity contribution in [1.29, 1.82) is 0 Å². The molecule has 0 unspecified atom stereocenters. The summed E-state index contributed by atoms with van der Waals surface area (Å²) in [5.74, 6) is 3.27. The van der Waals surface area contributed by atoms with Gasteiger partial charge in [0.15, 0.2) is 5.82 Å². The van der Waals surface area contributed by atoms with Crippen LogP contribution in [0.1, 0.15) is 49.7 Å². The topological polar surface area (TPSA) is 94.0 Å². The minimum atomic E-state index is 0.0509. The van der Waals surface area contributed by atoms with Gasteiger partial charge in [-0.15, -0.1) is 0 Å². The third-order valence-electron chi connectivity index (χ3n) is 4.74. The van der Waals surface area contributed by atoms with E-state index in [2.05, 4.69) is 37.3 Å². The molecule has 136 valence electrons. The van der Waals surface area contributed by atoms with Crippen LogP contribution < -0.4 is 5.32 Å². The Hall–Kier alpha value is -3.29. The number of fused-ring (bicyclic) bond motifs is 1. The molecule has 0 aromatic carbocycles. The lowest BCUT2D eigenvalue weighted by Crippen LogP contribution is -2.11. The van der Waals surface area contributed by atoms with Gasteiger partial charge < -0.3 is 9.84 Å². The highest BCUT2D eigenvalue weighted by Gasteiger charge is 2.29. The number of nitrogens with one attached hydrogen (secondary N) is 1. The molecule has 1 saturated carbocycles. The van der Waals surface area contributed by atoms with Crippen LogP contribution in [0.25, 0.3) is 17.2 Å². The van der Waals surface area contributed by atoms with E-state index in [-0.39, 0.29) is 6.04 Å². The Balaban J connectivity index is 1.34. The largest absolute Gasteiger partial charge is 0.362 e. The first-order chi connectivity index (χ1) is 13.3. The van der Waals surface area contributed by atoms with Crippen molar-refractivity contribution in [3.05, 3.63) is 54.5 Å². The van der Waals surface area contributed by atoms with Crippen LogP contribution in [0.5, 0.6) is 0 Å². The third-order valence-corrected chi connectivity index (χ3v) is 4.74. The summed E-state index contributed by atoms with van der Waals surface area (Å²) in [5.41, 5.74) is 1.76. The molecule has 0 saturated heterocycles. The zero-order valence-electron chi connectivity index (χ0n) is 14.9. The maximum absolute atomic E-state index is 5.36. The quantitative estimate of drug-likeness (QED) is 0.560. The molecule has 1 aliphatic rings. The van der Waals surface area contributed by atoms with Crippen LogP contribution in [0.2, 0.25) is 0 Å². The van der Waals surface area contributed by atoms with E-state index in [4.69, 9.17) is 4.52 Å². The molecule has 0 radical (unpaired) electrons. The predicted molar refractivity (Wildman–Crippen MR) is 99.1 cm³/mol. The molecule has 8 heteroatoms. The second-order valence-electron chi connectivity index (χ2n) is 6.76. The number of pyridine rings is 1. The maximum atomic E-state index is 5.36. The van der Waals surface area contributed by atoms with E-state index < -0.39 is 0 Å². The Morgan fingerprint density at radius 3 is 2.93 bits per heavy atom. The molecule has 27 heavy (non-hydrogen) atoms. The minimum Gasteiger partial charge on any atom is -0.362 e. The van der Waals surface area contributed by atoms with E-state index in [1.165, 1.54) is 0 Å². The SMILES string of the molecule is CC[C@@H](Nc1ccc(-c2nc(C3CC3)no2)cn1)c1cn2cccnc2n1. The summed E-state index contributed by atoms with van der Waals surface area (Å²) in [6, 6.07) is 5.80. The van der Waals surface area contributed by atoms with Gasteiger partial charge in [0, 0.05) is 30.7 Å². The van der Waals surface area contributed by atoms with Crippen molar-refractivity contribution in [2.45, 2.75) is 38.1 Å². The molecule has 1 atom stereocenters. The fraction of sp³-hybridized carbons (Fsp3) is 0.316. The molecule has 1 fully saturated rings. The molecule has 4 aromatic heterocycles. The van der Waals surface area contributed by atoms with Crippen LogP contribution in [0.4, 0.5) is 5.82 Å². The molecule has 0 aliphatic heterocycles. The smallest absolute Gasteiger partial charge is 0.259 e. The highest BCUT2D eigenvalue weighted by molar-refractivity contribution is 5.54. The Morgan fingerprint density at radius 1 is 1.26 bits per heavy atom. The molecule has 4 aromatic rings. The number of hydrogen-bond donors (Lipinski definition) is 1. The van der Waals surface area contributed by atoms with E-state index in [0.29, 0.717) is 17.6 Å². The lowest BCUT2D eigenvalue weighted by molar-refractivity contribution is 0.422. The average molecular weight is 361 g/mol. The lowest BCUT2D eigenvalue weighted by Gasteiger charge is -2.15. The number of anilines is 1. The standard InChI is InChI=1S/C19H19N7O/c1-2-14(15-11-26-9-3-8-20-19(26)23-15)22-16-7-6-13(10-21-16)18-24-17(25-27-18)12-4-5-12/h3,6-12,14H,2,4-5H2,1H3,(H,21,22)/t14-/m1/s1. The third kappa shape index (κ3) is 3.14. The Labute approximate surface area is 155 Å². The molecule has 0 spiro atoms. The Morgan fingerprint density at radius 2 is 2.19 bits per heavy atom. The van der Waals surface area contributed by atoms with Crippen molar-refractivity contribution in [3.8, 4) is 11.5 Å². The highest BCUT2D eigenvalue weighted by atomic mass is 16.5. The first-order valence-corrected chi connectivity index (χ1v) is 9.16. The van der Waals surface area contributed by atoms with Gasteiger partial charge in [0.25, 0.3) is 5.89 Å². The summed E-state index contributed by atoms with van der Waals surface area (Å²) in [7, 11) is 0. The lowest BCUT2D eigenvalue weighted by atomic mass is 10.1. The van der Waals surface area contributed by atoms with Gasteiger partial charge in [0.05, 0.1) is 17.3 Å². The molecule has 1 N–H and O–H groups in total. The normalized spacial score (nSPS) is 15.1. The average Bonchev–Trinajstić information content (AvgIpc) is 3.28. The summed E-state index contributed by atoms with van der Waals surface area (Å²) in [6.45, 7) is 2.11. The van der Waals surface area contributed by atoms with E-state index in [0.717, 1.165) is 42.2 Å². The van der Waals surface area contributed by atoms with E-state index >= 15 is 0 Å². The summed E-state index contributed by atoms with van der Waals surface area (Å²) in [5, 5.41) is 7.49. The summed E-state index contributed by atoms with van der Waals surface area (Å²) >= 11 is 0. The molecule has 8 nitrogen and oxygen atoms in total. The number of aromatic nitrogens is 6. The van der Waals surface area contributed by atoms with Gasteiger partial charge in [-0.05, 0) is 37.5 Å². The number of rotatable bonds is 6. The van der Waals surface area contributed by atoms with Crippen LogP contribution in [0, 0.1) is 0 Å². The molecule has 0 bridgehead atoms. The molecule has 4 heterocycles. The first kappa shape index (κ1) is 15.9. The van der Waals surface area contributed by atoms with Crippen molar-refractivity contribution in [1.82, 2.24) is 29.5 Å². The summed E-state index contributed by atoms with van der Waals surface area (Å²) < 4.78 is 7.28. The zero-order chi connectivity index (χ0) is 18.2. The van der Waals surface area contributed by atoms with Crippen molar-refractivity contribution in [3.63, 3.8) is 0 Å². The second-order valence-corrected chi connectivity index (χ2v) is 6.76. The van der Waals surface area contributed by atoms with E-state index in [1.807, 2.05) is 35.0 Å². The molecular weight excluding hydrogens is 342 g/mol.